The van der Waals surface area contributed by atoms with E-state index < -0.39 is 10.9 Å². The van der Waals surface area contributed by atoms with Gasteiger partial charge in [0, 0.05) is 6.07 Å². The van der Waals surface area contributed by atoms with E-state index in [-0.39, 0.29) is 29.1 Å². The summed E-state index contributed by atoms with van der Waals surface area (Å²) >= 11 is 0.997. The van der Waals surface area contributed by atoms with Crippen LogP contribution in [0, 0.1) is 17.0 Å². The van der Waals surface area contributed by atoms with E-state index in [1.165, 1.54) is 19.1 Å². The molecular formula is C11H10N4O5S. The molecule has 0 amide bonds. The Labute approximate surface area is 122 Å². The first-order valence-electron chi connectivity index (χ1n) is 5.81. The molecule has 0 N–H and O–H groups in total. The smallest absolute Gasteiger partial charge is 0.396 e. The number of carbonyl (C=O) groups excluding carboxylic acids is 1. The van der Waals surface area contributed by atoms with Crippen LogP contribution >= 0.6 is 11.8 Å². The van der Waals surface area contributed by atoms with Gasteiger partial charge in [-0.2, -0.15) is 0 Å². The molecule has 0 unspecified atom stereocenters. The van der Waals surface area contributed by atoms with Crippen LogP contribution in [0.2, 0.25) is 0 Å². The van der Waals surface area contributed by atoms with Gasteiger partial charge >= 0.3 is 11.9 Å². The number of nitrogens with zero attached hydrogens (tertiary/aromatic N) is 4. The lowest BCUT2D eigenvalue weighted by Crippen LogP contribution is -2.04. The molecule has 0 aliphatic carbocycles. The van der Waals surface area contributed by atoms with Gasteiger partial charge in [-0.1, -0.05) is 5.10 Å². The Morgan fingerprint density at radius 1 is 1.48 bits per heavy atom. The summed E-state index contributed by atoms with van der Waals surface area (Å²) in [4.78, 5) is 25.6. The van der Waals surface area contributed by atoms with Crippen LogP contribution < -0.4 is 0 Å². The van der Waals surface area contributed by atoms with Crippen LogP contribution in [-0.2, 0) is 4.74 Å². The Morgan fingerprint density at radius 3 is 2.86 bits per heavy atom. The lowest BCUT2D eigenvalue weighted by atomic mass is 10.3. The zero-order valence-corrected chi connectivity index (χ0v) is 11.9. The summed E-state index contributed by atoms with van der Waals surface area (Å²) in [6, 6.07) is 2.80. The zero-order chi connectivity index (χ0) is 15.4. The molecule has 9 nitrogen and oxygen atoms in total. The molecule has 2 aromatic heterocycles. The zero-order valence-electron chi connectivity index (χ0n) is 11.1. The van der Waals surface area contributed by atoms with Crippen molar-refractivity contribution in [1.82, 2.24) is 15.2 Å². The van der Waals surface area contributed by atoms with Crippen molar-refractivity contribution < 1.29 is 18.9 Å². The van der Waals surface area contributed by atoms with Gasteiger partial charge in [0.15, 0.2) is 0 Å². The Bertz CT molecular complexity index is 687. The number of carbonyl (C=O) groups is 1. The molecule has 0 bridgehead atoms. The summed E-state index contributed by atoms with van der Waals surface area (Å²) in [5.41, 5.74) is 0.201. The topological polar surface area (TPSA) is 121 Å². The number of hydrogen-bond acceptors (Lipinski definition) is 9. The highest BCUT2D eigenvalue weighted by Crippen LogP contribution is 2.27. The number of pyridine rings is 1. The van der Waals surface area contributed by atoms with Gasteiger partial charge in [-0.3, -0.25) is 10.1 Å². The lowest BCUT2D eigenvalue weighted by molar-refractivity contribution is -0.385. The SMILES string of the molecule is CCOC(=O)c1nnc(Sc2ccc([N+](=O)[O-])c(C)n2)o1. The summed E-state index contributed by atoms with van der Waals surface area (Å²) in [7, 11) is 0. The molecule has 21 heavy (non-hydrogen) atoms. The van der Waals surface area contributed by atoms with Gasteiger partial charge in [-0.15, -0.1) is 5.10 Å². The second kappa shape index (κ2) is 6.31. The normalized spacial score (nSPS) is 10.4. The summed E-state index contributed by atoms with van der Waals surface area (Å²) in [6.07, 6.45) is 0. The molecule has 10 heteroatoms. The van der Waals surface area contributed by atoms with E-state index in [1.54, 1.807) is 6.92 Å². The first kappa shape index (κ1) is 14.9. The Balaban J connectivity index is 2.14. The highest BCUT2D eigenvalue weighted by molar-refractivity contribution is 7.99. The Kier molecular flexibility index (Phi) is 4.48. The molecule has 0 spiro atoms. The van der Waals surface area contributed by atoms with E-state index in [9.17, 15) is 14.9 Å². The fourth-order valence-electron chi connectivity index (χ4n) is 1.40. The number of nitro groups is 1. The van der Waals surface area contributed by atoms with Gasteiger partial charge in [-0.05, 0) is 31.7 Å². The van der Waals surface area contributed by atoms with Crippen LogP contribution in [0.5, 0.6) is 0 Å². The van der Waals surface area contributed by atoms with Gasteiger partial charge in [-0.25, -0.2) is 9.78 Å². The number of hydrogen-bond donors (Lipinski definition) is 0. The van der Waals surface area contributed by atoms with E-state index in [4.69, 9.17) is 9.15 Å². The quantitative estimate of drug-likeness (QED) is 0.463. The van der Waals surface area contributed by atoms with Gasteiger partial charge in [0.05, 0.1) is 11.5 Å². The average molecular weight is 310 g/mol. The first-order valence-corrected chi connectivity index (χ1v) is 6.63. The van der Waals surface area contributed by atoms with E-state index >= 15 is 0 Å². The average Bonchev–Trinajstić information content (AvgIpc) is 2.87. The fourth-order valence-corrected chi connectivity index (χ4v) is 2.10. The number of esters is 1. The molecule has 0 saturated carbocycles. The van der Waals surface area contributed by atoms with Crippen molar-refractivity contribution >= 4 is 23.4 Å². The molecule has 0 aliphatic rings. The molecular weight excluding hydrogens is 300 g/mol. The van der Waals surface area contributed by atoms with E-state index in [1.807, 2.05) is 0 Å². The molecule has 0 aliphatic heterocycles. The van der Waals surface area contributed by atoms with Crippen molar-refractivity contribution in [2.75, 3.05) is 6.61 Å². The van der Waals surface area contributed by atoms with Crippen LogP contribution in [0.15, 0.2) is 26.8 Å². The van der Waals surface area contributed by atoms with Crippen LogP contribution in [0.3, 0.4) is 0 Å². The fraction of sp³-hybridized carbons (Fsp3) is 0.273. The van der Waals surface area contributed by atoms with E-state index in [2.05, 4.69) is 15.2 Å². The van der Waals surface area contributed by atoms with E-state index in [0.29, 0.717) is 5.03 Å². The molecule has 2 rings (SSSR count). The second-order valence-corrected chi connectivity index (χ2v) is 4.68. The molecule has 0 aromatic carbocycles. The lowest BCUT2D eigenvalue weighted by Gasteiger charge is -1.99. The van der Waals surface area contributed by atoms with Gasteiger partial charge < -0.3 is 9.15 Å². The van der Waals surface area contributed by atoms with Crippen molar-refractivity contribution in [3.05, 3.63) is 33.8 Å². The van der Waals surface area contributed by atoms with Crippen LogP contribution in [0.4, 0.5) is 5.69 Å². The molecule has 0 atom stereocenters. The number of rotatable bonds is 5. The molecule has 0 saturated heterocycles. The predicted octanol–water partition coefficient (Wildman–Crippen LogP) is 2.01. The highest BCUT2D eigenvalue weighted by Gasteiger charge is 2.18. The van der Waals surface area contributed by atoms with Gasteiger partial charge in [0.25, 0.3) is 10.9 Å². The second-order valence-electron chi connectivity index (χ2n) is 3.71. The maximum absolute atomic E-state index is 11.4. The van der Waals surface area contributed by atoms with Crippen molar-refractivity contribution in [2.45, 2.75) is 24.1 Å². The van der Waals surface area contributed by atoms with E-state index in [0.717, 1.165) is 11.8 Å². The number of aromatic nitrogens is 3. The number of ether oxygens (including phenoxy) is 1. The number of aryl methyl sites for hydroxylation is 1. The van der Waals surface area contributed by atoms with Crippen LogP contribution in [0.25, 0.3) is 0 Å². The van der Waals surface area contributed by atoms with Gasteiger partial charge in [0.2, 0.25) is 0 Å². The molecule has 110 valence electrons. The van der Waals surface area contributed by atoms with Crippen LogP contribution in [0.1, 0.15) is 23.3 Å². The van der Waals surface area contributed by atoms with Gasteiger partial charge in [0.1, 0.15) is 10.7 Å². The van der Waals surface area contributed by atoms with Crippen LogP contribution in [-0.4, -0.2) is 32.7 Å². The van der Waals surface area contributed by atoms with Crippen molar-refractivity contribution in [3.8, 4) is 0 Å². The third-order valence-electron chi connectivity index (χ3n) is 2.28. The third kappa shape index (κ3) is 3.54. The maximum atomic E-state index is 11.4. The summed E-state index contributed by atoms with van der Waals surface area (Å²) in [6.45, 7) is 3.39. The van der Waals surface area contributed by atoms with Crippen molar-refractivity contribution in [1.29, 1.82) is 0 Å². The minimum Gasteiger partial charge on any atom is -0.459 e. The minimum atomic E-state index is -0.704. The summed E-state index contributed by atoms with van der Waals surface area (Å²) < 4.78 is 9.83. The predicted molar refractivity (Wildman–Crippen MR) is 70.0 cm³/mol. The maximum Gasteiger partial charge on any atom is 0.396 e. The molecule has 2 aromatic rings. The van der Waals surface area contributed by atoms with Crippen molar-refractivity contribution in [2.24, 2.45) is 0 Å². The molecule has 0 radical (unpaired) electrons. The standard InChI is InChI=1S/C11H10N4O5S/c1-3-19-10(16)9-13-14-11(20-9)21-8-5-4-7(15(17)18)6(2)12-8/h4-5H,3H2,1-2H3. The van der Waals surface area contributed by atoms with Crippen molar-refractivity contribution in [3.63, 3.8) is 0 Å². The summed E-state index contributed by atoms with van der Waals surface area (Å²) in [5, 5.41) is 18.5. The Hall–Kier alpha value is -2.49. The largest absolute Gasteiger partial charge is 0.459 e. The first-order chi connectivity index (χ1) is 10.0. The Morgan fingerprint density at radius 2 is 2.24 bits per heavy atom. The molecule has 0 fully saturated rings. The molecule has 2 heterocycles. The minimum absolute atomic E-state index is 0.0721. The monoisotopic (exact) mass is 310 g/mol. The third-order valence-corrected chi connectivity index (χ3v) is 3.05. The highest BCUT2D eigenvalue weighted by atomic mass is 32.2. The summed E-state index contributed by atoms with van der Waals surface area (Å²) in [5.74, 6) is -0.956.